The second-order valence-electron chi connectivity index (χ2n) is 7.92. The van der Waals surface area contributed by atoms with E-state index in [9.17, 15) is 27.9 Å². The highest BCUT2D eigenvalue weighted by Crippen LogP contribution is 2.43. The molecule has 1 unspecified atom stereocenters. The smallest absolute Gasteiger partial charge is 0.507 e. The van der Waals surface area contributed by atoms with Gasteiger partial charge < -0.3 is 14.6 Å². The van der Waals surface area contributed by atoms with Gasteiger partial charge in [0.05, 0.1) is 18.2 Å². The minimum Gasteiger partial charge on any atom is -0.507 e. The van der Waals surface area contributed by atoms with Gasteiger partial charge in [-0.15, -0.1) is 13.2 Å². The lowest BCUT2D eigenvalue weighted by molar-refractivity contribution is -0.274. The van der Waals surface area contributed by atoms with E-state index in [1.54, 1.807) is 30.3 Å². The summed E-state index contributed by atoms with van der Waals surface area (Å²) in [5, 5.41) is 11.2. The highest BCUT2D eigenvalue weighted by molar-refractivity contribution is 6.51. The Morgan fingerprint density at radius 3 is 2.57 bits per heavy atom. The summed E-state index contributed by atoms with van der Waals surface area (Å²) in [7, 11) is 0. The van der Waals surface area contributed by atoms with Crippen molar-refractivity contribution in [2.24, 2.45) is 0 Å². The van der Waals surface area contributed by atoms with Gasteiger partial charge in [-0.1, -0.05) is 6.07 Å². The number of benzene rings is 2. The second kappa shape index (κ2) is 8.46. The van der Waals surface area contributed by atoms with Crippen molar-refractivity contribution in [3.63, 3.8) is 0 Å². The number of ether oxygens (including phenoxy) is 2. The molecule has 35 heavy (non-hydrogen) atoms. The summed E-state index contributed by atoms with van der Waals surface area (Å²) in [4.78, 5) is 31.4. The van der Waals surface area contributed by atoms with Crippen LogP contribution in [0.4, 0.5) is 18.9 Å². The molecule has 5 rings (SSSR count). The number of hydrogen-bond acceptors (Lipinski definition) is 6. The van der Waals surface area contributed by atoms with Crippen molar-refractivity contribution >= 4 is 23.1 Å². The number of nitrogens with zero attached hydrogens (tertiary/aromatic N) is 2. The van der Waals surface area contributed by atoms with Crippen LogP contribution in [0, 0.1) is 0 Å². The molecule has 1 saturated heterocycles. The van der Waals surface area contributed by atoms with Crippen molar-refractivity contribution in [2.45, 2.75) is 18.8 Å². The number of aliphatic hydroxyl groups excluding tert-OH is 1. The quantitative estimate of drug-likeness (QED) is 0.334. The minimum absolute atomic E-state index is 0.150. The summed E-state index contributed by atoms with van der Waals surface area (Å²) in [5.41, 5.74) is 1.64. The van der Waals surface area contributed by atoms with Crippen molar-refractivity contribution < 1.29 is 37.3 Å². The molecule has 3 heterocycles. The zero-order valence-corrected chi connectivity index (χ0v) is 18.0. The van der Waals surface area contributed by atoms with Crippen molar-refractivity contribution in [1.82, 2.24) is 4.98 Å². The predicted molar refractivity (Wildman–Crippen MR) is 118 cm³/mol. The summed E-state index contributed by atoms with van der Waals surface area (Å²) in [6.45, 7) is 0.508. The molecule has 1 atom stereocenters. The number of carbonyl (C=O) groups is 2. The first kappa shape index (κ1) is 22.5. The standard InChI is InChI=1S/C25H17F3N2O5/c26-25(27,28)35-18-6-4-17(5-7-18)30-21(16-2-1-10-29-13-16)20(23(32)24(30)33)22(31)15-3-8-19-14(12-15)9-11-34-19/h1-8,10,12-13,21,31H,9,11H2/b22-20-. The number of rotatable bonds is 4. The van der Waals surface area contributed by atoms with E-state index < -0.39 is 29.8 Å². The molecule has 10 heteroatoms. The Labute approximate surface area is 197 Å². The van der Waals surface area contributed by atoms with E-state index in [1.165, 1.54) is 24.5 Å². The van der Waals surface area contributed by atoms with Gasteiger partial charge in [-0.3, -0.25) is 19.5 Å². The van der Waals surface area contributed by atoms with Crippen LogP contribution in [0.5, 0.6) is 11.5 Å². The largest absolute Gasteiger partial charge is 0.573 e. The average Bonchev–Trinajstić information content (AvgIpc) is 3.41. The van der Waals surface area contributed by atoms with Gasteiger partial charge in [0.1, 0.15) is 17.3 Å². The van der Waals surface area contributed by atoms with Gasteiger partial charge in [-0.2, -0.15) is 0 Å². The van der Waals surface area contributed by atoms with Crippen LogP contribution in [-0.2, 0) is 16.0 Å². The fourth-order valence-corrected chi connectivity index (χ4v) is 4.25. The molecule has 0 radical (unpaired) electrons. The molecule has 2 aromatic carbocycles. The molecule has 0 spiro atoms. The number of carbonyl (C=O) groups excluding carboxylic acids is 2. The third kappa shape index (κ3) is 4.18. The zero-order valence-electron chi connectivity index (χ0n) is 18.0. The van der Waals surface area contributed by atoms with Crippen molar-refractivity contribution in [1.29, 1.82) is 0 Å². The molecule has 178 valence electrons. The Balaban J connectivity index is 1.61. The highest BCUT2D eigenvalue weighted by Gasteiger charge is 2.47. The van der Waals surface area contributed by atoms with E-state index in [2.05, 4.69) is 9.72 Å². The van der Waals surface area contributed by atoms with Gasteiger partial charge >= 0.3 is 6.36 Å². The monoisotopic (exact) mass is 482 g/mol. The highest BCUT2D eigenvalue weighted by atomic mass is 19.4. The molecule has 3 aromatic rings. The Kier molecular flexibility index (Phi) is 5.43. The fraction of sp³-hybridized carbons (Fsp3) is 0.160. The molecule has 7 nitrogen and oxygen atoms in total. The van der Waals surface area contributed by atoms with Crippen LogP contribution < -0.4 is 14.4 Å². The number of pyridine rings is 1. The third-order valence-corrected chi connectivity index (χ3v) is 5.76. The SMILES string of the molecule is O=C1C(=O)N(c2ccc(OC(F)(F)F)cc2)C(c2cccnc2)/C1=C(/O)c1ccc2c(c1)CCO2. The van der Waals surface area contributed by atoms with Crippen LogP contribution in [0.2, 0.25) is 0 Å². The lowest BCUT2D eigenvalue weighted by atomic mass is 9.95. The molecule has 2 aliphatic rings. The first-order valence-electron chi connectivity index (χ1n) is 10.6. The predicted octanol–water partition coefficient (Wildman–Crippen LogP) is 4.54. The number of halogens is 3. The van der Waals surface area contributed by atoms with Crippen LogP contribution in [0.1, 0.15) is 22.7 Å². The molecule has 0 saturated carbocycles. The van der Waals surface area contributed by atoms with Crippen molar-refractivity contribution in [3.8, 4) is 11.5 Å². The molecular weight excluding hydrogens is 465 g/mol. The molecule has 2 aliphatic heterocycles. The van der Waals surface area contributed by atoms with Gasteiger partial charge in [0, 0.05) is 30.1 Å². The van der Waals surface area contributed by atoms with Crippen molar-refractivity contribution in [3.05, 3.63) is 89.3 Å². The van der Waals surface area contributed by atoms with Gasteiger partial charge in [-0.05, 0) is 59.7 Å². The van der Waals surface area contributed by atoms with Crippen LogP contribution >= 0.6 is 0 Å². The molecular formula is C25H17F3N2O5. The van der Waals surface area contributed by atoms with Gasteiger partial charge in [0.15, 0.2) is 0 Å². The minimum atomic E-state index is -4.87. The summed E-state index contributed by atoms with van der Waals surface area (Å²) >= 11 is 0. The van der Waals surface area contributed by atoms with Gasteiger partial charge in [0.25, 0.3) is 11.7 Å². The van der Waals surface area contributed by atoms with E-state index in [1.807, 2.05) is 0 Å². The van der Waals surface area contributed by atoms with E-state index in [0.29, 0.717) is 29.9 Å². The first-order valence-corrected chi connectivity index (χ1v) is 10.6. The van der Waals surface area contributed by atoms with E-state index in [-0.39, 0.29) is 17.0 Å². The number of Topliss-reactive ketones (excluding diaryl/α,β-unsaturated/α-hetero) is 1. The fourth-order valence-electron chi connectivity index (χ4n) is 4.25. The van der Waals surface area contributed by atoms with E-state index >= 15 is 0 Å². The molecule has 1 amide bonds. The number of alkyl halides is 3. The summed E-state index contributed by atoms with van der Waals surface area (Å²) < 4.78 is 47.0. The lowest BCUT2D eigenvalue weighted by Crippen LogP contribution is -2.29. The number of hydrogen-bond donors (Lipinski definition) is 1. The maximum absolute atomic E-state index is 13.1. The molecule has 0 aliphatic carbocycles. The normalized spacial score (nSPS) is 18.9. The third-order valence-electron chi connectivity index (χ3n) is 5.76. The van der Waals surface area contributed by atoms with Crippen LogP contribution in [0.15, 0.2) is 72.6 Å². The maximum atomic E-state index is 13.1. The topological polar surface area (TPSA) is 89.0 Å². The van der Waals surface area contributed by atoms with E-state index in [0.717, 1.165) is 22.6 Å². The summed E-state index contributed by atoms with van der Waals surface area (Å²) in [6, 6.07) is 11.7. The van der Waals surface area contributed by atoms with Crippen LogP contribution in [0.25, 0.3) is 5.76 Å². The number of amides is 1. The molecule has 0 bridgehead atoms. The molecule has 1 fully saturated rings. The molecule has 1 aromatic heterocycles. The maximum Gasteiger partial charge on any atom is 0.573 e. The van der Waals surface area contributed by atoms with Crippen LogP contribution in [0.3, 0.4) is 0 Å². The second-order valence-corrected chi connectivity index (χ2v) is 7.92. The summed E-state index contributed by atoms with van der Waals surface area (Å²) in [6.07, 6.45) is -1.26. The number of aromatic nitrogens is 1. The number of fused-ring (bicyclic) bond motifs is 1. The Morgan fingerprint density at radius 2 is 1.89 bits per heavy atom. The van der Waals surface area contributed by atoms with Crippen molar-refractivity contribution in [2.75, 3.05) is 11.5 Å². The molecule has 1 N–H and O–H groups in total. The Hall–Kier alpha value is -4.34. The number of aliphatic hydroxyl groups is 1. The van der Waals surface area contributed by atoms with E-state index in [4.69, 9.17) is 4.74 Å². The Bertz CT molecular complexity index is 1340. The van der Waals surface area contributed by atoms with Gasteiger partial charge in [0.2, 0.25) is 0 Å². The van der Waals surface area contributed by atoms with Crippen LogP contribution in [-0.4, -0.2) is 34.8 Å². The number of anilines is 1. The first-order chi connectivity index (χ1) is 16.7. The number of ketones is 1. The summed E-state index contributed by atoms with van der Waals surface area (Å²) in [5.74, 6) is -2.02. The Morgan fingerprint density at radius 1 is 1.11 bits per heavy atom. The lowest BCUT2D eigenvalue weighted by Gasteiger charge is -2.25. The van der Waals surface area contributed by atoms with Gasteiger partial charge in [-0.25, -0.2) is 0 Å². The zero-order chi connectivity index (χ0) is 24.7. The average molecular weight is 482 g/mol.